The van der Waals surface area contributed by atoms with Crippen molar-refractivity contribution in [1.82, 2.24) is 14.9 Å². The summed E-state index contributed by atoms with van der Waals surface area (Å²) in [5.74, 6) is 2.00. The lowest BCUT2D eigenvalue weighted by Gasteiger charge is -2.22. The van der Waals surface area contributed by atoms with Crippen LogP contribution < -0.4 is 10.1 Å². The van der Waals surface area contributed by atoms with Crippen molar-refractivity contribution >= 4 is 16.9 Å². The summed E-state index contributed by atoms with van der Waals surface area (Å²) in [5.41, 5.74) is 3.15. The number of hydrogen-bond donors (Lipinski definition) is 1. The van der Waals surface area contributed by atoms with Crippen molar-refractivity contribution in [1.29, 1.82) is 0 Å². The van der Waals surface area contributed by atoms with Gasteiger partial charge in [0.05, 0.1) is 24.2 Å². The summed E-state index contributed by atoms with van der Waals surface area (Å²) >= 11 is 0. The Bertz CT molecular complexity index is 913. The molecule has 0 bridgehead atoms. The fraction of sp³-hybridized carbons (Fsp3) is 0.364. The van der Waals surface area contributed by atoms with Crippen LogP contribution in [0.4, 0.5) is 0 Å². The molecule has 0 aliphatic heterocycles. The van der Waals surface area contributed by atoms with Crippen LogP contribution in [0.5, 0.6) is 5.75 Å². The largest absolute Gasteiger partial charge is 0.497 e. The number of benzene rings is 2. The number of nitrogens with zero attached hydrogens (tertiary/aromatic N) is 2. The molecule has 142 valence electrons. The molecule has 1 N–H and O–H groups in total. The Labute approximate surface area is 160 Å². The number of methoxy groups -OCH3 is 1. The maximum Gasteiger partial charge on any atom is 0.220 e. The molecule has 0 unspecified atom stereocenters. The smallest absolute Gasteiger partial charge is 0.220 e. The van der Waals surface area contributed by atoms with Gasteiger partial charge in [-0.25, -0.2) is 4.98 Å². The second-order valence-corrected chi connectivity index (χ2v) is 7.16. The van der Waals surface area contributed by atoms with Crippen LogP contribution in [0, 0.1) is 5.92 Å². The van der Waals surface area contributed by atoms with E-state index in [0.717, 1.165) is 28.2 Å². The number of imidazole rings is 1. The Morgan fingerprint density at radius 3 is 2.48 bits per heavy atom. The number of amides is 1. The molecule has 0 fully saturated rings. The average Bonchev–Trinajstić information content (AvgIpc) is 3.01. The van der Waals surface area contributed by atoms with E-state index in [1.807, 2.05) is 49.5 Å². The van der Waals surface area contributed by atoms with Crippen LogP contribution in [0.1, 0.15) is 37.7 Å². The van der Waals surface area contributed by atoms with E-state index in [1.54, 1.807) is 7.11 Å². The van der Waals surface area contributed by atoms with Gasteiger partial charge in [-0.3, -0.25) is 4.79 Å². The number of carbonyl (C=O) groups is 1. The zero-order valence-corrected chi connectivity index (χ0v) is 16.4. The normalized spacial score (nSPS) is 12.3. The van der Waals surface area contributed by atoms with Crippen LogP contribution in [0.15, 0.2) is 48.5 Å². The van der Waals surface area contributed by atoms with E-state index in [1.165, 1.54) is 0 Å². The molecule has 0 spiro atoms. The molecule has 0 radical (unpaired) electrons. The summed E-state index contributed by atoms with van der Waals surface area (Å²) in [6.07, 6.45) is 1.14. The first-order valence-electron chi connectivity index (χ1n) is 9.33. The molecule has 1 aromatic heterocycles. The van der Waals surface area contributed by atoms with E-state index in [0.29, 0.717) is 12.8 Å². The van der Waals surface area contributed by atoms with E-state index >= 15 is 0 Å². The van der Waals surface area contributed by atoms with Gasteiger partial charge in [0.25, 0.3) is 0 Å². The second kappa shape index (κ2) is 8.25. The van der Waals surface area contributed by atoms with Gasteiger partial charge in [0.2, 0.25) is 5.91 Å². The molecule has 3 rings (SSSR count). The number of para-hydroxylation sites is 2. The topological polar surface area (TPSA) is 56.1 Å². The number of carbonyl (C=O) groups excluding carboxylic acids is 1. The maximum atomic E-state index is 12.6. The summed E-state index contributed by atoms with van der Waals surface area (Å²) in [5, 5.41) is 3.18. The number of nitrogens with one attached hydrogen (secondary N) is 1. The van der Waals surface area contributed by atoms with Gasteiger partial charge >= 0.3 is 0 Å². The molecule has 0 aliphatic rings. The van der Waals surface area contributed by atoms with Crippen LogP contribution >= 0.6 is 0 Å². The van der Waals surface area contributed by atoms with Gasteiger partial charge in [0.15, 0.2) is 0 Å². The van der Waals surface area contributed by atoms with Gasteiger partial charge in [-0.1, -0.05) is 38.1 Å². The van der Waals surface area contributed by atoms with Crippen molar-refractivity contribution in [3.8, 4) is 5.75 Å². The van der Waals surface area contributed by atoms with Crippen LogP contribution in [0.2, 0.25) is 0 Å². The third kappa shape index (κ3) is 4.30. The summed E-state index contributed by atoms with van der Waals surface area (Å²) in [4.78, 5) is 17.3. The number of rotatable bonds is 7. The lowest BCUT2D eigenvalue weighted by Crippen LogP contribution is -2.33. The zero-order chi connectivity index (χ0) is 19.4. The summed E-state index contributed by atoms with van der Waals surface area (Å²) in [6, 6.07) is 15.8. The molecule has 1 atom stereocenters. The minimum absolute atomic E-state index is 0.0385. The van der Waals surface area contributed by atoms with Crippen molar-refractivity contribution < 1.29 is 9.53 Å². The number of aromatic nitrogens is 2. The molecule has 1 heterocycles. The third-order valence-electron chi connectivity index (χ3n) is 4.88. The Hall–Kier alpha value is -2.82. The minimum Gasteiger partial charge on any atom is -0.497 e. The van der Waals surface area contributed by atoms with Crippen LogP contribution in [-0.2, 0) is 18.3 Å². The van der Waals surface area contributed by atoms with Gasteiger partial charge in [-0.05, 0) is 42.2 Å². The first kappa shape index (κ1) is 19.0. The standard InChI is InChI=1S/C22H27N3O2/c1-15(2)21(22-23-18-7-5-6-8-19(18)25(22)3)24-20(26)14-11-16-9-12-17(27-4)13-10-16/h5-10,12-13,15,21H,11,14H2,1-4H3,(H,24,26)/t21-/m0/s1. The van der Waals surface area contributed by atoms with Crippen molar-refractivity contribution in [2.75, 3.05) is 7.11 Å². The van der Waals surface area contributed by atoms with E-state index in [9.17, 15) is 4.79 Å². The Balaban J connectivity index is 1.69. The molecule has 27 heavy (non-hydrogen) atoms. The molecule has 1 amide bonds. The fourth-order valence-electron chi connectivity index (χ4n) is 3.27. The van der Waals surface area contributed by atoms with E-state index in [4.69, 9.17) is 9.72 Å². The zero-order valence-electron chi connectivity index (χ0n) is 16.4. The number of fused-ring (bicyclic) bond motifs is 1. The lowest BCUT2D eigenvalue weighted by molar-refractivity contribution is -0.122. The minimum atomic E-state index is -0.120. The highest BCUT2D eigenvalue weighted by Gasteiger charge is 2.23. The van der Waals surface area contributed by atoms with Crippen molar-refractivity contribution in [3.63, 3.8) is 0 Å². The summed E-state index contributed by atoms with van der Waals surface area (Å²) < 4.78 is 7.24. The van der Waals surface area contributed by atoms with Crippen molar-refractivity contribution in [2.24, 2.45) is 13.0 Å². The van der Waals surface area contributed by atoms with Gasteiger partial charge < -0.3 is 14.6 Å². The second-order valence-electron chi connectivity index (χ2n) is 7.16. The number of aryl methyl sites for hydroxylation is 2. The summed E-state index contributed by atoms with van der Waals surface area (Å²) in [6.45, 7) is 4.21. The molecule has 0 aliphatic carbocycles. The van der Waals surface area contributed by atoms with E-state index in [-0.39, 0.29) is 17.9 Å². The fourth-order valence-corrected chi connectivity index (χ4v) is 3.27. The maximum absolute atomic E-state index is 12.6. The number of ether oxygens (including phenoxy) is 1. The van der Waals surface area contributed by atoms with Gasteiger partial charge in [-0.2, -0.15) is 0 Å². The Kier molecular flexibility index (Phi) is 5.79. The molecule has 5 nitrogen and oxygen atoms in total. The monoisotopic (exact) mass is 365 g/mol. The van der Waals surface area contributed by atoms with Crippen LogP contribution in [-0.4, -0.2) is 22.6 Å². The van der Waals surface area contributed by atoms with Gasteiger partial charge in [0.1, 0.15) is 11.6 Å². The Morgan fingerprint density at radius 1 is 1.15 bits per heavy atom. The molecule has 3 aromatic rings. The highest BCUT2D eigenvalue weighted by molar-refractivity contribution is 5.78. The van der Waals surface area contributed by atoms with Crippen LogP contribution in [0.3, 0.4) is 0 Å². The van der Waals surface area contributed by atoms with E-state index in [2.05, 4.69) is 29.8 Å². The van der Waals surface area contributed by atoms with E-state index < -0.39 is 0 Å². The number of hydrogen-bond acceptors (Lipinski definition) is 3. The highest BCUT2D eigenvalue weighted by Crippen LogP contribution is 2.25. The van der Waals surface area contributed by atoms with Crippen molar-refractivity contribution in [3.05, 3.63) is 59.9 Å². The SMILES string of the molecule is COc1ccc(CCC(=O)N[C@H](c2nc3ccccc3n2C)C(C)C)cc1. The van der Waals surface area contributed by atoms with Crippen molar-refractivity contribution in [2.45, 2.75) is 32.7 Å². The Morgan fingerprint density at radius 2 is 1.85 bits per heavy atom. The van der Waals surface area contributed by atoms with Crippen LogP contribution in [0.25, 0.3) is 11.0 Å². The van der Waals surface area contributed by atoms with Gasteiger partial charge in [0, 0.05) is 13.5 Å². The predicted molar refractivity (Wildman–Crippen MR) is 108 cm³/mol. The molecular formula is C22H27N3O2. The molecule has 0 saturated carbocycles. The first-order valence-corrected chi connectivity index (χ1v) is 9.33. The summed E-state index contributed by atoms with van der Waals surface area (Å²) in [7, 11) is 3.65. The predicted octanol–water partition coefficient (Wildman–Crippen LogP) is 4.03. The third-order valence-corrected chi connectivity index (χ3v) is 4.88. The quantitative estimate of drug-likeness (QED) is 0.688. The highest BCUT2D eigenvalue weighted by atomic mass is 16.5. The molecule has 5 heteroatoms. The average molecular weight is 365 g/mol. The first-order chi connectivity index (χ1) is 13.0. The molecule has 2 aromatic carbocycles. The molecule has 0 saturated heterocycles. The van der Waals surface area contributed by atoms with Gasteiger partial charge in [-0.15, -0.1) is 0 Å². The lowest BCUT2D eigenvalue weighted by atomic mass is 10.0. The molecular weight excluding hydrogens is 338 g/mol.